The van der Waals surface area contributed by atoms with Gasteiger partial charge in [0.05, 0.1) is 0 Å². The van der Waals surface area contributed by atoms with Crippen molar-refractivity contribution in [3.8, 4) is 46.0 Å². The molecule has 0 fully saturated rings. The van der Waals surface area contributed by atoms with Crippen LogP contribution in [0.25, 0.3) is 0 Å². The second-order valence-electron chi connectivity index (χ2n) is 38.0. The second-order valence-corrected chi connectivity index (χ2v) is 38.0. The van der Waals surface area contributed by atoms with E-state index in [0.29, 0.717) is 108 Å². The zero-order chi connectivity index (χ0) is 73.3. The molecule has 2 aliphatic rings. The molecule has 16 bridgehead atoms. The molecular weight excluding hydrogens is 1220 g/mol. The summed E-state index contributed by atoms with van der Waals surface area (Å²) in [5, 5.41) is 105. The van der Waals surface area contributed by atoms with Gasteiger partial charge >= 0.3 is 0 Å². The molecule has 0 spiro atoms. The van der Waals surface area contributed by atoms with E-state index >= 15 is 0 Å². The zero-order valence-corrected chi connectivity index (χ0v) is 64.3. The van der Waals surface area contributed by atoms with Gasteiger partial charge in [0.2, 0.25) is 0 Å². The topological polar surface area (TPSA) is 162 Å². The quantitative estimate of drug-likeness (QED) is 0.0864. The molecule has 99 heavy (non-hydrogen) atoms. The third-order valence-corrected chi connectivity index (χ3v) is 21.6. The largest absolute Gasteiger partial charge is 0.507 e. The van der Waals surface area contributed by atoms with Gasteiger partial charge in [-0.3, -0.25) is 0 Å². The Labute approximate surface area is 593 Å². The first-order valence-electron chi connectivity index (χ1n) is 36.2. The lowest BCUT2D eigenvalue weighted by molar-refractivity contribution is 0.432. The number of phenols is 8. The highest BCUT2D eigenvalue weighted by Crippen LogP contribution is 2.52. The van der Waals surface area contributed by atoms with Crippen molar-refractivity contribution in [2.75, 3.05) is 0 Å². The lowest BCUT2D eigenvalue weighted by Gasteiger charge is -2.31. The van der Waals surface area contributed by atoms with E-state index in [9.17, 15) is 40.9 Å². The molecule has 10 rings (SSSR count). The summed E-state index contributed by atoms with van der Waals surface area (Å²) in [5.41, 5.74) is 15.4. The number of phenolic OH excluding ortho intramolecular Hbond substituents is 8. The maximum absolute atomic E-state index is 13.5. The summed E-state index contributed by atoms with van der Waals surface area (Å²) in [5.74, 6) is -0.526. The molecule has 0 aromatic heterocycles. The second kappa shape index (κ2) is 25.7. The Bertz CT molecular complexity index is 3890. The maximum atomic E-state index is 13.5. The van der Waals surface area contributed by atoms with E-state index in [0.717, 1.165) is 44.5 Å². The molecule has 2 aliphatic carbocycles. The van der Waals surface area contributed by atoms with E-state index in [-0.39, 0.29) is 106 Å². The minimum atomic E-state index is -0.656. The molecule has 0 radical (unpaired) electrons. The molecule has 8 heteroatoms. The Morgan fingerprint density at radius 2 is 0.323 bits per heavy atom. The van der Waals surface area contributed by atoms with Gasteiger partial charge in [0.15, 0.2) is 0 Å². The Hall–Kier alpha value is -7.84. The summed E-state index contributed by atoms with van der Waals surface area (Å²) < 4.78 is 0. The summed E-state index contributed by atoms with van der Waals surface area (Å²) in [6, 6.07) is 33.3. The Kier molecular flexibility index (Phi) is 19.1. The van der Waals surface area contributed by atoms with Gasteiger partial charge in [-0.2, -0.15) is 0 Å². The molecule has 8 nitrogen and oxygen atoms in total. The third-order valence-electron chi connectivity index (χ3n) is 21.6. The summed E-state index contributed by atoms with van der Waals surface area (Å²) >= 11 is 0. The normalized spacial score (nSPS) is 14.8. The fourth-order valence-corrected chi connectivity index (χ4v) is 14.8. The lowest BCUT2D eigenvalue weighted by atomic mass is 9.74. The molecule has 0 atom stereocenters. The molecule has 0 heterocycles. The van der Waals surface area contributed by atoms with Gasteiger partial charge in [-0.05, 0) is 167 Å². The van der Waals surface area contributed by atoms with E-state index < -0.39 is 33.5 Å². The van der Waals surface area contributed by atoms with Crippen molar-refractivity contribution >= 4 is 0 Å². The highest BCUT2D eigenvalue weighted by molar-refractivity contribution is 5.64. The first-order valence-corrected chi connectivity index (χ1v) is 36.2. The fraction of sp³-hybridized carbons (Fsp3) is 0.473. The number of hydrogen-bond donors (Lipinski definition) is 8. The number of aromatic hydroxyl groups is 8. The Morgan fingerprint density at radius 3 is 0.455 bits per heavy atom. The van der Waals surface area contributed by atoms with E-state index in [1.54, 1.807) is 0 Å². The average Bonchev–Trinajstić information content (AvgIpc) is 0.760. The van der Waals surface area contributed by atoms with Gasteiger partial charge in [-0.15, -0.1) is 0 Å². The van der Waals surface area contributed by atoms with Crippen LogP contribution < -0.4 is 0 Å². The molecule has 0 aliphatic heterocycles. The molecule has 0 unspecified atom stereocenters. The monoisotopic (exact) mass is 1340 g/mol. The number of hydrogen-bond acceptors (Lipinski definition) is 8. The number of rotatable bonds is 4. The van der Waals surface area contributed by atoms with Gasteiger partial charge < -0.3 is 40.9 Å². The first kappa shape index (κ1) is 73.9. The predicted octanol–water partition coefficient (Wildman–Crippen LogP) is 22.0. The molecule has 8 aromatic rings. The Morgan fingerprint density at radius 1 is 0.202 bits per heavy atom. The van der Waals surface area contributed by atoms with Crippen LogP contribution >= 0.6 is 0 Å². The van der Waals surface area contributed by atoms with Crippen molar-refractivity contribution in [3.05, 3.63) is 231 Å². The molecular formula is C91H116O8. The number of fused-ring (bicyclic) bond motifs is 16. The van der Waals surface area contributed by atoms with Crippen LogP contribution in [-0.2, 0) is 81.8 Å². The minimum Gasteiger partial charge on any atom is -0.507 e. The van der Waals surface area contributed by atoms with Crippen LogP contribution in [-0.4, -0.2) is 40.9 Å². The summed E-state index contributed by atoms with van der Waals surface area (Å²) in [6.07, 6.45) is 2.47. The van der Waals surface area contributed by atoms with Crippen LogP contribution in [0, 0.1) is 0 Å². The third kappa shape index (κ3) is 15.3. The minimum absolute atomic E-state index is 0.0796. The van der Waals surface area contributed by atoms with Gasteiger partial charge in [0.25, 0.3) is 0 Å². The molecule has 8 aromatic carbocycles. The Balaban J connectivity index is 1.27. The highest BCUT2D eigenvalue weighted by Gasteiger charge is 2.36. The van der Waals surface area contributed by atoms with Crippen LogP contribution in [0.1, 0.15) is 331 Å². The average molecular weight is 1340 g/mol. The molecule has 8 N–H and O–H groups in total. The van der Waals surface area contributed by atoms with E-state index in [1.165, 1.54) is 0 Å². The maximum Gasteiger partial charge on any atom is 0.122 e. The van der Waals surface area contributed by atoms with E-state index in [1.807, 2.05) is 0 Å². The predicted molar refractivity (Wildman–Crippen MR) is 409 cm³/mol. The summed E-state index contributed by atoms with van der Waals surface area (Å²) in [6.45, 7) is 52.0. The van der Waals surface area contributed by atoms with Crippen molar-refractivity contribution in [3.63, 3.8) is 0 Å². The number of benzene rings is 8. The van der Waals surface area contributed by atoms with E-state index in [4.69, 9.17) is 0 Å². The van der Waals surface area contributed by atoms with Crippen molar-refractivity contribution in [2.24, 2.45) is 0 Å². The summed E-state index contributed by atoms with van der Waals surface area (Å²) in [7, 11) is 0. The molecule has 0 saturated carbocycles. The SMILES string of the molecule is CC(C)(C)c1cc2c(O)c(c1)Cc1cc(C(C)(C)C)cc(c1O)C(CCCC1c3cc(C(C)(C)C)cc(c3O)Cc3cc(C(C)(C)C)cc(c3O)Cc3cc(C(C)(C)C)cc(c3O)Cc3cc(C(C)(C)C)cc1c3O)c1cc(C(C)(C)C)cc(c1O)Cc1cc(C(C)(C)C)cc(c1O)C2. The van der Waals surface area contributed by atoms with Crippen molar-refractivity contribution < 1.29 is 40.9 Å². The van der Waals surface area contributed by atoms with Gasteiger partial charge in [-0.1, -0.05) is 270 Å². The van der Waals surface area contributed by atoms with Crippen LogP contribution in [0.5, 0.6) is 46.0 Å². The van der Waals surface area contributed by atoms with Crippen LogP contribution in [0.2, 0.25) is 0 Å². The molecule has 0 amide bonds. The van der Waals surface area contributed by atoms with Gasteiger partial charge in [0.1, 0.15) is 46.0 Å². The zero-order valence-electron chi connectivity index (χ0n) is 64.3. The standard InChI is InChI=1S/C91H116O8/c1-84(2,3)62-34-50-28-51-35-63(85(4,5)6)39-55(77(51)93)31-59-43-67(89(16,17)18)47-73(81(59)97)70(72-46-66(88(13,14)15)42-58(80(72)96)30-54(38-62)76(50)92)26-25-27-71-74-48-68(90(19,20)21)44-60(82(74)98)32-56-40-64(86(7,8)9)36-52(78(56)94)29-53-37-65(87(10,11)12)41-57(79(53)95)33-61-45-69(91(22,23)24)49-75(71)83(61)99/h34-49,70-71,92-99H,25-33H2,1-24H3. The van der Waals surface area contributed by atoms with Crippen LogP contribution in [0.4, 0.5) is 0 Å². The first-order chi connectivity index (χ1) is 45.4. The smallest absolute Gasteiger partial charge is 0.122 e. The van der Waals surface area contributed by atoms with E-state index in [2.05, 4.69) is 263 Å². The van der Waals surface area contributed by atoms with Gasteiger partial charge in [-0.25, -0.2) is 0 Å². The van der Waals surface area contributed by atoms with Crippen LogP contribution in [0.3, 0.4) is 0 Å². The van der Waals surface area contributed by atoms with Crippen molar-refractivity contribution in [1.82, 2.24) is 0 Å². The lowest BCUT2D eigenvalue weighted by Crippen LogP contribution is -2.17. The van der Waals surface area contributed by atoms with Crippen LogP contribution in [0.15, 0.2) is 97.1 Å². The van der Waals surface area contributed by atoms with Gasteiger partial charge in [0, 0.05) is 72.6 Å². The molecule has 528 valence electrons. The van der Waals surface area contributed by atoms with Crippen molar-refractivity contribution in [1.29, 1.82) is 0 Å². The fourth-order valence-electron chi connectivity index (χ4n) is 14.8. The summed E-state index contributed by atoms with van der Waals surface area (Å²) in [4.78, 5) is 0. The highest BCUT2D eigenvalue weighted by atomic mass is 16.3. The van der Waals surface area contributed by atoms with Crippen molar-refractivity contribution in [2.45, 2.75) is 279 Å². The molecule has 0 saturated heterocycles.